The zero-order valence-corrected chi connectivity index (χ0v) is 10.9. The highest BCUT2D eigenvalue weighted by Gasteiger charge is 2.07. The molecule has 0 aliphatic rings. The highest BCUT2D eigenvalue weighted by Crippen LogP contribution is 2.27. The van der Waals surface area contributed by atoms with Crippen LogP contribution in [0.3, 0.4) is 0 Å². The molecule has 0 spiro atoms. The Labute approximate surface area is 107 Å². The Morgan fingerprint density at radius 2 is 2.00 bits per heavy atom. The van der Waals surface area contributed by atoms with E-state index < -0.39 is 0 Å². The molecule has 1 aromatic heterocycles. The molecular weight excluding hydrogens is 289 g/mol. The highest BCUT2D eigenvalue weighted by molar-refractivity contribution is 9.10. The molecule has 1 heterocycles. The summed E-state index contributed by atoms with van der Waals surface area (Å²) in [4.78, 5) is 8.00. The van der Waals surface area contributed by atoms with Crippen molar-refractivity contribution in [1.29, 1.82) is 0 Å². The molecule has 2 rings (SSSR count). The van der Waals surface area contributed by atoms with Crippen molar-refractivity contribution in [2.24, 2.45) is 0 Å². The second kappa shape index (κ2) is 4.39. The molecule has 0 saturated carbocycles. The Morgan fingerprint density at radius 1 is 1.25 bits per heavy atom. The lowest BCUT2D eigenvalue weighted by Gasteiger charge is -2.06. The quantitative estimate of drug-likeness (QED) is 0.820. The van der Waals surface area contributed by atoms with Gasteiger partial charge in [0.2, 0.25) is 5.95 Å². The van der Waals surface area contributed by atoms with E-state index in [1.54, 1.807) is 6.07 Å². The molecule has 3 nitrogen and oxygen atoms in total. The van der Waals surface area contributed by atoms with E-state index in [9.17, 15) is 0 Å². The first-order valence-electron chi connectivity index (χ1n) is 4.63. The third kappa shape index (κ3) is 2.33. The van der Waals surface area contributed by atoms with E-state index in [1.807, 2.05) is 25.1 Å². The van der Waals surface area contributed by atoms with Crippen molar-refractivity contribution in [3.63, 3.8) is 0 Å². The van der Waals surface area contributed by atoms with E-state index in [-0.39, 0.29) is 5.95 Å². The molecule has 0 saturated heterocycles. The number of halogens is 2. The number of hydrogen-bond donors (Lipinski definition) is 1. The van der Waals surface area contributed by atoms with Crippen LogP contribution in [0.5, 0.6) is 0 Å². The minimum absolute atomic E-state index is 0.182. The van der Waals surface area contributed by atoms with Gasteiger partial charge in [-0.05, 0) is 24.6 Å². The Morgan fingerprint density at radius 3 is 2.69 bits per heavy atom. The molecule has 0 aliphatic heterocycles. The van der Waals surface area contributed by atoms with Crippen molar-refractivity contribution in [3.8, 4) is 11.3 Å². The van der Waals surface area contributed by atoms with Crippen LogP contribution in [0.15, 0.2) is 28.7 Å². The average Bonchev–Trinajstić information content (AvgIpc) is 2.20. The summed E-state index contributed by atoms with van der Waals surface area (Å²) in [5, 5.41) is 0.349. The van der Waals surface area contributed by atoms with Gasteiger partial charge in [-0.1, -0.05) is 33.6 Å². The SMILES string of the molecule is Cc1ccc(Br)cc1-c1cc(Cl)nc(N)n1. The second-order valence-electron chi connectivity index (χ2n) is 3.39. The molecule has 0 radical (unpaired) electrons. The van der Waals surface area contributed by atoms with E-state index >= 15 is 0 Å². The highest BCUT2D eigenvalue weighted by atomic mass is 79.9. The molecule has 16 heavy (non-hydrogen) atoms. The van der Waals surface area contributed by atoms with Crippen LogP contribution in [-0.4, -0.2) is 9.97 Å². The summed E-state index contributed by atoms with van der Waals surface area (Å²) >= 11 is 9.27. The van der Waals surface area contributed by atoms with Crippen molar-refractivity contribution in [1.82, 2.24) is 9.97 Å². The Bertz CT molecular complexity index is 522. The smallest absolute Gasteiger partial charge is 0.221 e. The predicted octanol–water partition coefficient (Wildman–Crippen LogP) is 3.45. The fraction of sp³-hybridized carbons (Fsp3) is 0.0909. The number of nitrogens with two attached hydrogens (primary N) is 1. The van der Waals surface area contributed by atoms with E-state index in [1.165, 1.54) is 0 Å². The number of hydrogen-bond acceptors (Lipinski definition) is 3. The predicted molar refractivity (Wildman–Crippen MR) is 69.3 cm³/mol. The number of aromatic nitrogens is 2. The van der Waals surface area contributed by atoms with Crippen molar-refractivity contribution < 1.29 is 0 Å². The normalized spacial score (nSPS) is 10.4. The van der Waals surface area contributed by atoms with Crippen LogP contribution in [0, 0.1) is 6.92 Å². The van der Waals surface area contributed by atoms with Gasteiger partial charge < -0.3 is 5.73 Å². The maximum absolute atomic E-state index is 5.85. The molecule has 0 fully saturated rings. The first kappa shape index (κ1) is 11.4. The topological polar surface area (TPSA) is 51.8 Å². The lowest BCUT2D eigenvalue weighted by atomic mass is 10.1. The molecule has 2 aromatic rings. The lowest BCUT2D eigenvalue weighted by Crippen LogP contribution is -1.97. The van der Waals surface area contributed by atoms with Crippen molar-refractivity contribution in [2.75, 3.05) is 5.73 Å². The van der Waals surface area contributed by atoms with Gasteiger partial charge >= 0.3 is 0 Å². The number of nitrogen functional groups attached to an aromatic ring is 1. The van der Waals surface area contributed by atoms with Gasteiger partial charge in [0.1, 0.15) is 5.15 Å². The summed E-state index contributed by atoms with van der Waals surface area (Å²) < 4.78 is 0.987. The van der Waals surface area contributed by atoms with Crippen LogP contribution >= 0.6 is 27.5 Å². The molecule has 1 aromatic carbocycles. The van der Waals surface area contributed by atoms with Gasteiger partial charge in [0, 0.05) is 16.1 Å². The maximum Gasteiger partial charge on any atom is 0.221 e. The summed E-state index contributed by atoms with van der Waals surface area (Å²) in [6, 6.07) is 7.66. The Balaban J connectivity index is 2.62. The molecule has 5 heteroatoms. The van der Waals surface area contributed by atoms with Gasteiger partial charge in [-0.15, -0.1) is 0 Å². The molecule has 0 amide bonds. The van der Waals surface area contributed by atoms with Crippen molar-refractivity contribution in [2.45, 2.75) is 6.92 Å². The van der Waals surface area contributed by atoms with Gasteiger partial charge in [0.05, 0.1) is 5.69 Å². The molecule has 2 N–H and O–H groups in total. The summed E-state index contributed by atoms with van der Waals surface area (Å²) in [6.07, 6.45) is 0. The van der Waals surface area contributed by atoms with Crippen molar-refractivity contribution >= 4 is 33.5 Å². The summed E-state index contributed by atoms with van der Waals surface area (Å²) in [5.74, 6) is 0.182. The van der Waals surface area contributed by atoms with E-state index in [0.29, 0.717) is 5.15 Å². The first-order chi connectivity index (χ1) is 7.56. The zero-order valence-electron chi connectivity index (χ0n) is 8.54. The van der Waals surface area contributed by atoms with Crippen LogP contribution < -0.4 is 5.73 Å². The number of benzene rings is 1. The minimum atomic E-state index is 0.182. The van der Waals surface area contributed by atoms with Gasteiger partial charge in [-0.25, -0.2) is 9.97 Å². The van der Waals surface area contributed by atoms with Crippen LogP contribution in [0.4, 0.5) is 5.95 Å². The molecule has 0 bridgehead atoms. The van der Waals surface area contributed by atoms with Crippen LogP contribution in [0.25, 0.3) is 11.3 Å². The molecular formula is C11H9BrClN3. The summed E-state index contributed by atoms with van der Waals surface area (Å²) in [5.41, 5.74) is 8.40. The van der Waals surface area contributed by atoms with Gasteiger partial charge in [0.25, 0.3) is 0 Å². The third-order valence-corrected chi connectivity index (χ3v) is 2.87. The fourth-order valence-electron chi connectivity index (χ4n) is 1.44. The van der Waals surface area contributed by atoms with Crippen LogP contribution in [0.2, 0.25) is 5.15 Å². The van der Waals surface area contributed by atoms with Gasteiger partial charge in [-0.3, -0.25) is 0 Å². The minimum Gasteiger partial charge on any atom is -0.368 e. The first-order valence-corrected chi connectivity index (χ1v) is 5.80. The Hall–Kier alpha value is -1.13. The zero-order chi connectivity index (χ0) is 11.7. The van der Waals surface area contributed by atoms with Gasteiger partial charge in [0.15, 0.2) is 0 Å². The number of nitrogens with zero attached hydrogens (tertiary/aromatic N) is 2. The number of rotatable bonds is 1. The molecule has 0 unspecified atom stereocenters. The third-order valence-electron chi connectivity index (χ3n) is 2.19. The number of aryl methyl sites for hydroxylation is 1. The largest absolute Gasteiger partial charge is 0.368 e. The van der Waals surface area contributed by atoms with E-state index in [2.05, 4.69) is 25.9 Å². The fourth-order valence-corrected chi connectivity index (χ4v) is 1.99. The Kier molecular flexibility index (Phi) is 3.12. The molecule has 0 atom stereocenters. The van der Waals surface area contributed by atoms with Gasteiger partial charge in [-0.2, -0.15) is 0 Å². The van der Waals surface area contributed by atoms with Crippen molar-refractivity contribution in [3.05, 3.63) is 39.5 Å². The van der Waals surface area contributed by atoms with Crippen LogP contribution in [-0.2, 0) is 0 Å². The molecule has 82 valence electrons. The average molecular weight is 299 g/mol. The lowest BCUT2D eigenvalue weighted by molar-refractivity contribution is 1.18. The van der Waals surface area contributed by atoms with E-state index in [4.69, 9.17) is 17.3 Å². The van der Waals surface area contributed by atoms with Crippen LogP contribution in [0.1, 0.15) is 5.56 Å². The second-order valence-corrected chi connectivity index (χ2v) is 4.70. The summed E-state index contributed by atoms with van der Waals surface area (Å²) in [7, 11) is 0. The standard InChI is InChI=1S/C11H9BrClN3/c1-6-2-3-7(12)4-8(6)9-5-10(13)16-11(14)15-9/h2-5H,1H3,(H2,14,15,16). The number of anilines is 1. The summed E-state index contributed by atoms with van der Waals surface area (Å²) in [6.45, 7) is 2.01. The maximum atomic E-state index is 5.85. The van der Waals surface area contributed by atoms with E-state index in [0.717, 1.165) is 21.3 Å². The molecule has 0 aliphatic carbocycles. The monoisotopic (exact) mass is 297 g/mol.